The van der Waals surface area contributed by atoms with Crippen LogP contribution in [0.2, 0.25) is 0 Å². The quantitative estimate of drug-likeness (QED) is 0.922. The van der Waals surface area contributed by atoms with Crippen LogP contribution < -0.4 is 4.90 Å². The summed E-state index contributed by atoms with van der Waals surface area (Å²) in [4.78, 5) is 25.1. The summed E-state index contributed by atoms with van der Waals surface area (Å²) in [5, 5.41) is 10.6. The minimum Gasteiger partial charge on any atom is -0.481 e. The Morgan fingerprint density at radius 3 is 2.95 bits per heavy atom. The Balaban J connectivity index is 1.80. The molecule has 0 radical (unpaired) electrons. The fourth-order valence-corrected chi connectivity index (χ4v) is 4.85. The Hall–Kier alpha value is -1.69. The van der Waals surface area contributed by atoms with Crippen LogP contribution in [-0.2, 0) is 17.6 Å². The van der Waals surface area contributed by atoms with E-state index in [0.717, 1.165) is 30.0 Å². The van der Waals surface area contributed by atoms with E-state index in [9.17, 15) is 9.90 Å². The fourth-order valence-electron chi connectivity index (χ4n) is 3.63. The van der Waals surface area contributed by atoms with Gasteiger partial charge in [0.2, 0.25) is 0 Å². The van der Waals surface area contributed by atoms with Crippen molar-refractivity contribution in [2.45, 2.75) is 39.0 Å². The summed E-state index contributed by atoms with van der Waals surface area (Å²) >= 11 is 1.78. The van der Waals surface area contributed by atoms with E-state index in [0.29, 0.717) is 13.0 Å². The number of aromatic nitrogens is 2. The first-order chi connectivity index (χ1) is 10.6. The van der Waals surface area contributed by atoms with Crippen LogP contribution in [0.1, 0.15) is 36.6 Å². The van der Waals surface area contributed by atoms with Gasteiger partial charge in [0.25, 0.3) is 0 Å². The molecule has 1 N–H and O–H groups in total. The first-order valence-corrected chi connectivity index (χ1v) is 8.64. The van der Waals surface area contributed by atoms with Crippen LogP contribution in [0.5, 0.6) is 0 Å². The molecule has 5 nitrogen and oxygen atoms in total. The molecule has 2 aromatic rings. The molecule has 1 unspecified atom stereocenters. The number of rotatable bonds is 2. The molecule has 1 atom stereocenters. The van der Waals surface area contributed by atoms with Gasteiger partial charge in [-0.25, -0.2) is 9.97 Å². The van der Waals surface area contributed by atoms with Gasteiger partial charge in [-0.15, -0.1) is 11.3 Å². The molecular weight excluding hydrogens is 298 g/mol. The number of carboxylic acids is 1. The van der Waals surface area contributed by atoms with Crippen molar-refractivity contribution in [2.75, 3.05) is 18.0 Å². The van der Waals surface area contributed by atoms with Crippen molar-refractivity contribution in [1.82, 2.24) is 9.97 Å². The molecule has 4 rings (SSSR count). The average Bonchev–Trinajstić information content (AvgIpc) is 3.08. The maximum Gasteiger partial charge on any atom is 0.311 e. The molecule has 22 heavy (non-hydrogen) atoms. The minimum absolute atomic E-state index is 0.527. The largest absolute Gasteiger partial charge is 0.481 e. The zero-order valence-corrected chi connectivity index (χ0v) is 13.4. The SMILES string of the molecule is CC1(C(=O)O)CCN(c2ncnc3sc4c(c23)CCCC4)C1. The lowest BCUT2D eigenvalue weighted by Gasteiger charge is -2.22. The van der Waals surface area contributed by atoms with Gasteiger partial charge in [0, 0.05) is 18.0 Å². The van der Waals surface area contributed by atoms with E-state index < -0.39 is 11.4 Å². The first-order valence-electron chi connectivity index (χ1n) is 7.82. The second-order valence-electron chi connectivity index (χ2n) is 6.63. The Kier molecular flexibility index (Phi) is 3.11. The number of carbonyl (C=O) groups is 1. The van der Waals surface area contributed by atoms with Gasteiger partial charge in [-0.2, -0.15) is 0 Å². The predicted molar refractivity (Wildman–Crippen MR) is 86.6 cm³/mol. The summed E-state index contributed by atoms with van der Waals surface area (Å²) < 4.78 is 0. The molecule has 0 saturated carbocycles. The number of aliphatic carboxylic acids is 1. The molecule has 1 fully saturated rings. The zero-order valence-electron chi connectivity index (χ0n) is 12.6. The van der Waals surface area contributed by atoms with Gasteiger partial charge >= 0.3 is 5.97 Å². The first kappa shape index (κ1) is 13.9. The van der Waals surface area contributed by atoms with E-state index >= 15 is 0 Å². The molecule has 6 heteroatoms. The highest BCUT2D eigenvalue weighted by Crippen LogP contribution is 2.41. The zero-order chi connectivity index (χ0) is 15.3. The molecule has 0 aromatic carbocycles. The third-order valence-electron chi connectivity index (χ3n) is 5.02. The number of hydrogen-bond donors (Lipinski definition) is 1. The fraction of sp³-hybridized carbons (Fsp3) is 0.562. The monoisotopic (exact) mass is 317 g/mol. The molecule has 2 aromatic heterocycles. The standard InChI is InChI=1S/C16H19N3O2S/c1-16(15(20)21)6-7-19(8-16)13-12-10-4-2-3-5-11(10)22-14(12)18-9-17-13/h9H,2-8H2,1H3,(H,20,21). The van der Waals surface area contributed by atoms with E-state index in [2.05, 4.69) is 14.9 Å². The molecule has 0 bridgehead atoms. The molecule has 3 heterocycles. The second kappa shape index (κ2) is 4.91. The van der Waals surface area contributed by atoms with E-state index in [4.69, 9.17) is 0 Å². The molecule has 0 spiro atoms. The highest BCUT2D eigenvalue weighted by atomic mass is 32.1. The van der Waals surface area contributed by atoms with Crippen LogP contribution in [-0.4, -0.2) is 34.1 Å². The molecule has 2 aliphatic rings. The van der Waals surface area contributed by atoms with Gasteiger partial charge in [-0.1, -0.05) is 0 Å². The van der Waals surface area contributed by atoms with Crippen LogP contribution in [0.25, 0.3) is 10.2 Å². The Morgan fingerprint density at radius 1 is 1.36 bits per heavy atom. The lowest BCUT2D eigenvalue weighted by Crippen LogP contribution is -2.32. The van der Waals surface area contributed by atoms with Crippen molar-refractivity contribution in [3.8, 4) is 0 Å². The maximum absolute atomic E-state index is 11.5. The van der Waals surface area contributed by atoms with Gasteiger partial charge in [0.05, 0.1) is 10.8 Å². The Bertz CT molecular complexity index is 757. The van der Waals surface area contributed by atoms with E-state index in [1.165, 1.54) is 28.7 Å². The van der Waals surface area contributed by atoms with Crippen LogP contribution >= 0.6 is 11.3 Å². The topological polar surface area (TPSA) is 66.3 Å². The summed E-state index contributed by atoms with van der Waals surface area (Å²) in [6.45, 7) is 3.11. The normalized spacial score (nSPS) is 24.7. The van der Waals surface area contributed by atoms with Crippen molar-refractivity contribution >= 4 is 33.3 Å². The molecule has 1 aliphatic heterocycles. The third-order valence-corrected chi connectivity index (χ3v) is 6.22. The summed E-state index contributed by atoms with van der Waals surface area (Å²) in [5.41, 5.74) is 0.735. The van der Waals surface area contributed by atoms with Gasteiger partial charge < -0.3 is 10.0 Å². The number of anilines is 1. The number of nitrogens with zero attached hydrogens (tertiary/aromatic N) is 3. The van der Waals surface area contributed by atoms with Gasteiger partial charge in [0.1, 0.15) is 17.0 Å². The smallest absolute Gasteiger partial charge is 0.311 e. The van der Waals surface area contributed by atoms with Gasteiger partial charge in [-0.3, -0.25) is 4.79 Å². The van der Waals surface area contributed by atoms with Crippen molar-refractivity contribution in [3.05, 3.63) is 16.8 Å². The van der Waals surface area contributed by atoms with Crippen LogP contribution in [0.15, 0.2) is 6.33 Å². The van der Waals surface area contributed by atoms with Crippen molar-refractivity contribution in [2.24, 2.45) is 5.41 Å². The molecule has 116 valence electrons. The predicted octanol–water partition coefficient (Wildman–Crippen LogP) is 2.87. The minimum atomic E-state index is -0.715. The summed E-state index contributed by atoms with van der Waals surface area (Å²) in [5.74, 6) is 0.224. The lowest BCUT2D eigenvalue weighted by molar-refractivity contribution is -0.146. The molecule has 1 saturated heterocycles. The van der Waals surface area contributed by atoms with Gasteiger partial charge in [-0.05, 0) is 44.6 Å². The molecule has 0 amide bonds. The Morgan fingerprint density at radius 2 is 2.18 bits per heavy atom. The van der Waals surface area contributed by atoms with Crippen LogP contribution in [0.3, 0.4) is 0 Å². The maximum atomic E-state index is 11.5. The van der Waals surface area contributed by atoms with E-state index in [1.54, 1.807) is 17.7 Å². The van der Waals surface area contributed by atoms with Crippen molar-refractivity contribution in [1.29, 1.82) is 0 Å². The van der Waals surface area contributed by atoms with E-state index in [1.807, 2.05) is 6.92 Å². The number of thiophene rings is 1. The van der Waals surface area contributed by atoms with Gasteiger partial charge in [0.15, 0.2) is 0 Å². The Labute approximate surface area is 133 Å². The number of carboxylic acid groups (broad SMARTS) is 1. The third kappa shape index (κ3) is 2.00. The van der Waals surface area contributed by atoms with Crippen molar-refractivity contribution < 1.29 is 9.90 Å². The highest BCUT2D eigenvalue weighted by Gasteiger charge is 2.41. The number of aryl methyl sites for hydroxylation is 2. The molecule has 1 aliphatic carbocycles. The van der Waals surface area contributed by atoms with Crippen LogP contribution in [0, 0.1) is 5.41 Å². The van der Waals surface area contributed by atoms with Crippen LogP contribution in [0.4, 0.5) is 5.82 Å². The average molecular weight is 317 g/mol. The van der Waals surface area contributed by atoms with Crippen molar-refractivity contribution in [3.63, 3.8) is 0 Å². The summed E-state index contributed by atoms with van der Waals surface area (Å²) in [7, 11) is 0. The number of hydrogen-bond acceptors (Lipinski definition) is 5. The summed E-state index contributed by atoms with van der Waals surface area (Å²) in [6.07, 6.45) is 7.00. The lowest BCUT2D eigenvalue weighted by atomic mass is 9.90. The highest BCUT2D eigenvalue weighted by molar-refractivity contribution is 7.19. The molecular formula is C16H19N3O2S. The number of fused-ring (bicyclic) bond motifs is 3. The van der Waals surface area contributed by atoms with E-state index in [-0.39, 0.29) is 0 Å². The summed E-state index contributed by atoms with van der Waals surface area (Å²) in [6, 6.07) is 0. The second-order valence-corrected chi connectivity index (χ2v) is 7.71.